The third-order valence-corrected chi connectivity index (χ3v) is 4.70. The number of rotatable bonds is 10. The Labute approximate surface area is 166 Å². The molecule has 0 fully saturated rings. The van der Waals surface area contributed by atoms with Gasteiger partial charge in [-0.15, -0.1) is 11.8 Å². The fourth-order valence-corrected chi connectivity index (χ4v) is 3.08. The minimum Gasteiger partial charge on any atom is -0.481 e. The van der Waals surface area contributed by atoms with Gasteiger partial charge < -0.3 is 15.7 Å². The van der Waals surface area contributed by atoms with Gasteiger partial charge in [0.05, 0.1) is 5.75 Å². The molecule has 0 aliphatic heterocycles. The van der Waals surface area contributed by atoms with Gasteiger partial charge >= 0.3 is 5.97 Å². The molecule has 2 amide bonds. The molecular formula is C20H21FN2O4S. The number of hydrogen-bond acceptors (Lipinski definition) is 4. The summed E-state index contributed by atoms with van der Waals surface area (Å²) in [6.07, 6.45) is 0.404. The molecule has 28 heavy (non-hydrogen) atoms. The number of nitrogens with one attached hydrogen (secondary N) is 2. The summed E-state index contributed by atoms with van der Waals surface area (Å²) in [4.78, 5) is 34.3. The van der Waals surface area contributed by atoms with Gasteiger partial charge in [0.1, 0.15) is 5.82 Å². The lowest BCUT2D eigenvalue weighted by atomic mass is 10.1. The number of carboxylic acids is 1. The van der Waals surface area contributed by atoms with E-state index in [2.05, 4.69) is 10.6 Å². The van der Waals surface area contributed by atoms with Crippen LogP contribution in [0.3, 0.4) is 0 Å². The van der Waals surface area contributed by atoms with E-state index in [9.17, 15) is 18.8 Å². The standard InChI is InChI=1S/C20H21FN2O4S/c21-16-7-9-17(10-8-16)23-18(24)13-28-12-14-3-5-15(6-4-14)20(27)22-11-1-2-19(25)26/h3-10H,1-2,11-13H2,(H,22,27)(H,23,24)(H,25,26). The van der Waals surface area contributed by atoms with E-state index in [0.29, 0.717) is 30.0 Å². The molecule has 0 unspecified atom stereocenters. The molecule has 2 aromatic carbocycles. The molecule has 0 spiro atoms. The Hall–Kier alpha value is -2.87. The molecule has 0 saturated heterocycles. The third kappa shape index (κ3) is 7.79. The zero-order chi connectivity index (χ0) is 20.4. The van der Waals surface area contributed by atoms with Crippen molar-refractivity contribution in [2.75, 3.05) is 17.6 Å². The molecule has 3 N–H and O–H groups in total. The summed E-state index contributed by atoms with van der Waals surface area (Å²) in [7, 11) is 0. The Morgan fingerprint density at radius 1 is 1.00 bits per heavy atom. The van der Waals surface area contributed by atoms with E-state index in [1.54, 1.807) is 12.1 Å². The first-order valence-corrected chi connectivity index (χ1v) is 9.81. The summed E-state index contributed by atoms with van der Waals surface area (Å²) >= 11 is 1.43. The summed E-state index contributed by atoms with van der Waals surface area (Å²) in [6.45, 7) is 0.311. The summed E-state index contributed by atoms with van der Waals surface area (Å²) in [6, 6.07) is 12.6. The van der Waals surface area contributed by atoms with Crippen LogP contribution in [0.25, 0.3) is 0 Å². The van der Waals surface area contributed by atoms with Gasteiger partial charge in [0.15, 0.2) is 0 Å². The van der Waals surface area contributed by atoms with Crippen molar-refractivity contribution >= 4 is 35.2 Å². The summed E-state index contributed by atoms with van der Waals surface area (Å²) in [5.41, 5.74) is 2.02. The maximum atomic E-state index is 12.8. The van der Waals surface area contributed by atoms with Crippen LogP contribution in [0.15, 0.2) is 48.5 Å². The average molecular weight is 404 g/mol. The molecule has 0 heterocycles. The molecule has 6 nitrogen and oxygen atoms in total. The molecular weight excluding hydrogens is 383 g/mol. The highest BCUT2D eigenvalue weighted by Crippen LogP contribution is 2.15. The van der Waals surface area contributed by atoms with Crippen LogP contribution in [0.1, 0.15) is 28.8 Å². The van der Waals surface area contributed by atoms with Crippen LogP contribution >= 0.6 is 11.8 Å². The predicted octanol–water partition coefficient (Wildman–Crippen LogP) is 3.29. The molecule has 0 atom stereocenters. The lowest BCUT2D eigenvalue weighted by molar-refractivity contribution is -0.137. The second kappa shape index (κ2) is 11.1. The minimum absolute atomic E-state index is 0.0190. The molecule has 0 aliphatic rings. The number of carbonyl (C=O) groups excluding carboxylic acids is 2. The number of halogens is 1. The first-order valence-electron chi connectivity index (χ1n) is 8.66. The molecule has 0 saturated carbocycles. The number of anilines is 1. The second-order valence-corrected chi connectivity index (χ2v) is 6.98. The van der Waals surface area contributed by atoms with Crippen LogP contribution in [0, 0.1) is 5.82 Å². The number of aliphatic carboxylic acids is 1. The Kier molecular flexibility index (Phi) is 8.48. The van der Waals surface area contributed by atoms with Crippen LogP contribution < -0.4 is 10.6 Å². The lowest BCUT2D eigenvalue weighted by Gasteiger charge is -2.07. The fraction of sp³-hybridized carbons (Fsp3) is 0.250. The van der Waals surface area contributed by atoms with E-state index in [0.717, 1.165) is 5.56 Å². The van der Waals surface area contributed by atoms with Gasteiger partial charge in [0.2, 0.25) is 5.91 Å². The molecule has 0 radical (unpaired) electrons. The third-order valence-electron chi connectivity index (χ3n) is 3.70. The zero-order valence-corrected chi connectivity index (χ0v) is 15.9. The maximum Gasteiger partial charge on any atom is 0.303 e. The minimum atomic E-state index is -0.887. The van der Waals surface area contributed by atoms with E-state index in [1.165, 1.54) is 36.0 Å². The quantitative estimate of drug-likeness (QED) is 0.528. The van der Waals surface area contributed by atoms with Gasteiger partial charge in [-0.3, -0.25) is 14.4 Å². The van der Waals surface area contributed by atoms with Crippen LogP contribution in [0.5, 0.6) is 0 Å². The highest BCUT2D eigenvalue weighted by Gasteiger charge is 2.07. The highest BCUT2D eigenvalue weighted by molar-refractivity contribution is 7.99. The second-order valence-electron chi connectivity index (χ2n) is 6.00. The molecule has 0 bridgehead atoms. The fourth-order valence-electron chi connectivity index (χ4n) is 2.29. The Bertz CT molecular complexity index is 810. The van der Waals surface area contributed by atoms with Crippen LogP contribution in [-0.4, -0.2) is 35.2 Å². The van der Waals surface area contributed by atoms with Crippen LogP contribution in [0.2, 0.25) is 0 Å². The number of thioether (sulfide) groups is 1. The highest BCUT2D eigenvalue weighted by atomic mass is 32.2. The number of carboxylic acid groups (broad SMARTS) is 1. The SMILES string of the molecule is O=C(O)CCCNC(=O)c1ccc(CSCC(=O)Nc2ccc(F)cc2)cc1. The van der Waals surface area contributed by atoms with Crippen molar-refractivity contribution in [2.45, 2.75) is 18.6 Å². The van der Waals surface area contributed by atoms with Crippen molar-refractivity contribution in [2.24, 2.45) is 0 Å². The van der Waals surface area contributed by atoms with Gasteiger partial charge in [0.25, 0.3) is 5.91 Å². The lowest BCUT2D eigenvalue weighted by Crippen LogP contribution is -2.24. The molecule has 148 valence electrons. The summed E-state index contributed by atoms with van der Waals surface area (Å²) in [5.74, 6) is -0.801. The monoisotopic (exact) mass is 404 g/mol. The first kappa shape index (κ1) is 21.4. The van der Waals surface area contributed by atoms with E-state index in [4.69, 9.17) is 5.11 Å². The smallest absolute Gasteiger partial charge is 0.303 e. The molecule has 8 heteroatoms. The predicted molar refractivity (Wildman–Crippen MR) is 107 cm³/mol. The van der Waals surface area contributed by atoms with E-state index >= 15 is 0 Å². The van der Waals surface area contributed by atoms with E-state index in [-0.39, 0.29) is 29.8 Å². The van der Waals surface area contributed by atoms with Crippen molar-refractivity contribution < 1.29 is 23.9 Å². The molecule has 0 aromatic heterocycles. The number of benzene rings is 2. The van der Waals surface area contributed by atoms with Crippen molar-refractivity contribution in [3.05, 3.63) is 65.5 Å². The average Bonchev–Trinajstić information content (AvgIpc) is 2.67. The van der Waals surface area contributed by atoms with Gasteiger partial charge in [-0.05, 0) is 48.4 Å². The van der Waals surface area contributed by atoms with Crippen molar-refractivity contribution in [1.82, 2.24) is 5.32 Å². The Balaban J connectivity index is 1.70. The Morgan fingerprint density at radius 3 is 2.32 bits per heavy atom. The summed E-state index contributed by atoms with van der Waals surface area (Å²) < 4.78 is 12.8. The number of hydrogen-bond donors (Lipinski definition) is 3. The van der Waals surface area contributed by atoms with Gasteiger partial charge in [-0.2, -0.15) is 0 Å². The maximum absolute atomic E-state index is 12.8. The largest absolute Gasteiger partial charge is 0.481 e. The van der Waals surface area contributed by atoms with E-state index in [1.807, 2.05) is 12.1 Å². The van der Waals surface area contributed by atoms with Crippen molar-refractivity contribution in [3.8, 4) is 0 Å². The zero-order valence-electron chi connectivity index (χ0n) is 15.1. The first-order chi connectivity index (χ1) is 13.4. The van der Waals surface area contributed by atoms with Crippen LogP contribution in [-0.2, 0) is 15.3 Å². The number of amides is 2. The van der Waals surface area contributed by atoms with Crippen LogP contribution in [0.4, 0.5) is 10.1 Å². The topological polar surface area (TPSA) is 95.5 Å². The normalized spacial score (nSPS) is 10.3. The molecule has 2 rings (SSSR count). The molecule has 2 aromatic rings. The van der Waals surface area contributed by atoms with Gasteiger partial charge in [0, 0.05) is 30.0 Å². The van der Waals surface area contributed by atoms with Crippen molar-refractivity contribution in [3.63, 3.8) is 0 Å². The molecule has 0 aliphatic carbocycles. The Morgan fingerprint density at radius 2 is 1.68 bits per heavy atom. The van der Waals surface area contributed by atoms with Crippen molar-refractivity contribution in [1.29, 1.82) is 0 Å². The summed E-state index contributed by atoms with van der Waals surface area (Å²) in [5, 5.41) is 13.9. The van der Waals surface area contributed by atoms with Gasteiger partial charge in [-0.25, -0.2) is 4.39 Å². The van der Waals surface area contributed by atoms with E-state index < -0.39 is 5.97 Å². The van der Waals surface area contributed by atoms with Gasteiger partial charge in [-0.1, -0.05) is 12.1 Å². The number of carbonyl (C=O) groups is 3.